The van der Waals surface area contributed by atoms with E-state index in [4.69, 9.17) is 0 Å². The number of benzene rings is 1. The molecule has 27 heavy (non-hydrogen) atoms. The Morgan fingerprint density at radius 1 is 1.30 bits per heavy atom. The van der Waals surface area contributed by atoms with Gasteiger partial charge < -0.3 is 15.2 Å². The van der Waals surface area contributed by atoms with Gasteiger partial charge in [0.15, 0.2) is 0 Å². The summed E-state index contributed by atoms with van der Waals surface area (Å²) in [6.45, 7) is 5.35. The van der Waals surface area contributed by atoms with Crippen molar-refractivity contribution >= 4 is 11.8 Å². The van der Waals surface area contributed by atoms with Gasteiger partial charge in [-0.15, -0.1) is 0 Å². The minimum atomic E-state index is -0.355. The second-order valence-electron chi connectivity index (χ2n) is 7.26. The average molecular weight is 368 g/mol. The normalized spacial score (nSPS) is 16.8. The molecule has 1 aromatic heterocycles. The van der Waals surface area contributed by atoms with Crippen LogP contribution in [0.25, 0.3) is 11.4 Å². The molecule has 0 radical (unpaired) electrons. The number of likely N-dealkylation sites (tertiary alicyclic amines) is 1. The second-order valence-corrected chi connectivity index (χ2v) is 7.26. The van der Waals surface area contributed by atoms with Crippen molar-refractivity contribution in [1.82, 2.24) is 20.2 Å². The maximum absolute atomic E-state index is 12.4. The Hall–Kier alpha value is -2.96. The zero-order valence-corrected chi connectivity index (χ0v) is 15.6. The predicted octanol–water partition coefficient (Wildman–Crippen LogP) is 1.56. The third-order valence-corrected chi connectivity index (χ3v) is 4.46. The van der Waals surface area contributed by atoms with Crippen molar-refractivity contribution in [3.8, 4) is 11.4 Å². The van der Waals surface area contributed by atoms with Gasteiger partial charge in [-0.1, -0.05) is 44.2 Å². The molecule has 0 saturated carbocycles. The second kappa shape index (κ2) is 8.16. The standard InChI is InChI=1S/C20H24N4O3/c1-13(2)11-24-12-15(8-18(24)26)20(27)21-10-16-9-17(25)23-19(22-16)14-6-4-3-5-7-14/h3-7,9,13,15H,8,10-12H2,1-2H3,(H,21,27)(H,22,23,25). The van der Waals surface area contributed by atoms with Crippen LogP contribution in [0.15, 0.2) is 41.2 Å². The number of nitrogens with zero attached hydrogens (tertiary/aromatic N) is 2. The van der Waals surface area contributed by atoms with E-state index in [-0.39, 0.29) is 36.3 Å². The topological polar surface area (TPSA) is 95.2 Å². The van der Waals surface area contributed by atoms with Gasteiger partial charge in [-0.2, -0.15) is 0 Å². The highest BCUT2D eigenvalue weighted by molar-refractivity contribution is 5.89. The van der Waals surface area contributed by atoms with E-state index in [0.717, 1.165) is 5.56 Å². The summed E-state index contributed by atoms with van der Waals surface area (Å²) < 4.78 is 0. The number of carbonyl (C=O) groups excluding carboxylic acids is 2. The van der Waals surface area contributed by atoms with Gasteiger partial charge in [0, 0.05) is 31.1 Å². The molecule has 0 bridgehead atoms. The summed E-state index contributed by atoms with van der Waals surface area (Å²) in [5.41, 5.74) is 1.01. The van der Waals surface area contributed by atoms with Gasteiger partial charge in [-0.3, -0.25) is 14.4 Å². The first kappa shape index (κ1) is 18.8. The van der Waals surface area contributed by atoms with Crippen LogP contribution in [0.2, 0.25) is 0 Å². The van der Waals surface area contributed by atoms with Gasteiger partial charge in [0.2, 0.25) is 11.8 Å². The van der Waals surface area contributed by atoms with Crippen molar-refractivity contribution in [3.05, 3.63) is 52.4 Å². The highest BCUT2D eigenvalue weighted by atomic mass is 16.2. The Morgan fingerprint density at radius 3 is 2.74 bits per heavy atom. The number of hydrogen-bond donors (Lipinski definition) is 2. The summed E-state index contributed by atoms with van der Waals surface area (Å²) in [5.74, 6) is 0.313. The summed E-state index contributed by atoms with van der Waals surface area (Å²) in [5, 5.41) is 2.81. The molecule has 1 aliphatic rings. The summed E-state index contributed by atoms with van der Waals surface area (Å²) in [6, 6.07) is 10.7. The number of aromatic nitrogens is 2. The van der Waals surface area contributed by atoms with Crippen LogP contribution in [0.5, 0.6) is 0 Å². The average Bonchev–Trinajstić information content (AvgIpc) is 3.00. The summed E-state index contributed by atoms with van der Waals surface area (Å²) in [6.07, 6.45) is 0.233. The zero-order valence-electron chi connectivity index (χ0n) is 15.6. The lowest BCUT2D eigenvalue weighted by Gasteiger charge is -2.18. The van der Waals surface area contributed by atoms with Gasteiger partial charge in [0.25, 0.3) is 5.56 Å². The van der Waals surface area contributed by atoms with Crippen molar-refractivity contribution in [2.75, 3.05) is 13.1 Å². The highest BCUT2D eigenvalue weighted by Crippen LogP contribution is 2.19. The van der Waals surface area contributed by atoms with E-state index in [1.807, 2.05) is 44.2 Å². The van der Waals surface area contributed by atoms with E-state index < -0.39 is 0 Å². The van der Waals surface area contributed by atoms with E-state index in [1.54, 1.807) is 4.90 Å². The maximum Gasteiger partial charge on any atom is 0.251 e. The molecule has 142 valence electrons. The lowest BCUT2D eigenvalue weighted by Crippen LogP contribution is -2.34. The Balaban J connectivity index is 1.63. The molecule has 1 aliphatic heterocycles. The molecule has 1 saturated heterocycles. The van der Waals surface area contributed by atoms with Crippen LogP contribution in [0.4, 0.5) is 0 Å². The fraction of sp³-hybridized carbons (Fsp3) is 0.400. The van der Waals surface area contributed by atoms with Crippen LogP contribution in [-0.4, -0.2) is 39.8 Å². The van der Waals surface area contributed by atoms with Gasteiger partial charge in [0.05, 0.1) is 18.2 Å². The largest absolute Gasteiger partial charge is 0.350 e. The molecular formula is C20H24N4O3. The zero-order chi connectivity index (χ0) is 19.4. The molecule has 1 aromatic carbocycles. The number of H-pyrrole nitrogens is 1. The summed E-state index contributed by atoms with van der Waals surface area (Å²) in [7, 11) is 0. The third kappa shape index (κ3) is 4.81. The van der Waals surface area contributed by atoms with Crippen molar-refractivity contribution in [2.45, 2.75) is 26.8 Å². The van der Waals surface area contributed by atoms with E-state index in [1.165, 1.54) is 6.07 Å². The molecule has 7 heteroatoms. The summed E-state index contributed by atoms with van der Waals surface area (Å²) >= 11 is 0. The van der Waals surface area contributed by atoms with Gasteiger partial charge in [0.1, 0.15) is 5.82 Å². The molecule has 1 unspecified atom stereocenters. The molecule has 1 fully saturated rings. The van der Waals surface area contributed by atoms with Gasteiger partial charge in [-0.05, 0) is 5.92 Å². The van der Waals surface area contributed by atoms with Crippen LogP contribution >= 0.6 is 0 Å². The number of nitrogens with one attached hydrogen (secondary N) is 2. The number of hydrogen-bond acceptors (Lipinski definition) is 4. The van der Waals surface area contributed by atoms with E-state index in [0.29, 0.717) is 30.5 Å². The minimum Gasteiger partial charge on any atom is -0.350 e. The number of amides is 2. The van der Waals surface area contributed by atoms with E-state index in [2.05, 4.69) is 15.3 Å². The number of aromatic amines is 1. The smallest absolute Gasteiger partial charge is 0.251 e. The molecule has 2 amide bonds. The van der Waals surface area contributed by atoms with Crippen LogP contribution < -0.4 is 10.9 Å². The van der Waals surface area contributed by atoms with Crippen molar-refractivity contribution in [3.63, 3.8) is 0 Å². The quantitative estimate of drug-likeness (QED) is 0.809. The van der Waals surface area contributed by atoms with Gasteiger partial charge in [-0.25, -0.2) is 4.98 Å². The molecule has 3 rings (SSSR count). The first-order valence-corrected chi connectivity index (χ1v) is 9.13. The van der Waals surface area contributed by atoms with Crippen molar-refractivity contribution in [2.24, 2.45) is 11.8 Å². The molecule has 0 spiro atoms. The Morgan fingerprint density at radius 2 is 2.04 bits per heavy atom. The minimum absolute atomic E-state index is 0.0181. The summed E-state index contributed by atoms with van der Waals surface area (Å²) in [4.78, 5) is 45.3. The van der Waals surface area contributed by atoms with Crippen LogP contribution in [-0.2, 0) is 16.1 Å². The Bertz CT molecular complexity index is 876. The molecule has 2 aromatic rings. The van der Waals surface area contributed by atoms with Crippen LogP contribution in [0.1, 0.15) is 26.0 Å². The van der Waals surface area contributed by atoms with Crippen LogP contribution in [0.3, 0.4) is 0 Å². The molecule has 2 heterocycles. The van der Waals surface area contributed by atoms with Crippen molar-refractivity contribution < 1.29 is 9.59 Å². The van der Waals surface area contributed by atoms with Gasteiger partial charge >= 0.3 is 0 Å². The molecule has 7 nitrogen and oxygen atoms in total. The Kier molecular flexibility index (Phi) is 5.69. The lowest BCUT2D eigenvalue weighted by molar-refractivity contribution is -0.129. The van der Waals surface area contributed by atoms with E-state index in [9.17, 15) is 14.4 Å². The third-order valence-electron chi connectivity index (χ3n) is 4.46. The molecule has 1 atom stereocenters. The predicted molar refractivity (Wildman–Crippen MR) is 102 cm³/mol. The fourth-order valence-corrected chi connectivity index (χ4v) is 3.22. The van der Waals surface area contributed by atoms with E-state index >= 15 is 0 Å². The van der Waals surface area contributed by atoms with Crippen molar-refractivity contribution in [1.29, 1.82) is 0 Å². The highest BCUT2D eigenvalue weighted by Gasteiger charge is 2.34. The number of rotatable bonds is 6. The maximum atomic E-state index is 12.4. The number of carbonyl (C=O) groups is 2. The van der Waals surface area contributed by atoms with Crippen LogP contribution in [0, 0.1) is 11.8 Å². The molecule has 2 N–H and O–H groups in total. The molecular weight excluding hydrogens is 344 g/mol. The monoisotopic (exact) mass is 368 g/mol. The molecule has 0 aliphatic carbocycles. The fourth-order valence-electron chi connectivity index (χ4n) is 3.22. The lowest BCUT2D eigenvalue weighted by atomic mass is 10.1. The SMILES string of the molecule is CC(C)CN1CC(C(=O)NCc2cc(=O)[nH]c(-c3ccccc3)n2)CC1=O. The first-order valence-electron chi connectivity index (χ1n) is 9.13. The Labute approximate surface area is 157 Å². The first-order chi connectivity index (χ1) is 12.9.